The van der Waals surface area contributed by atoms with Gasteiger partial charge in [-0.25, -0.2) is 0 Å². The van der Waals surface area contributed by atoms with Gasteiger partial charge in [0.2, 0.25) is 0 Å². The Kier molecular flexibility index (Phi) is 4.73. The van der Waals surface area contributed by atoms with Gasteiger partial charge in [0.1, 0.15) is 11.5 Å². The first-order valence-electron chi connectivity index (χ1n) is 6.87. The molecule has 0 fully saturated rings. The van der Waals surface area contributed by atoms with Gasteiger partial charge in [0, 0.05) is 23.4 Å². The lowest BCUT2D eigenvalue weighted by Crippen LogP contribution is -2.03. The maximum atomic E-state index is 10.2. The van der Waals surface area contributed by atoms with E-state index >= 15 is 0 Å². The molecule has 0 saturated carbocycles. The molecule has 0 amide bonds. The second-order valence-corrected chi connectivity index (χ2v) is 4.79. The molecule has 0 radical (unpaired) electrons. The number of aromatic hydroxyl groups is 1. The minimum Gasteiger partial charge on any atom is -0.505 e. The van der Waals surface area contributed by atoms with Crippen molar-refractivity contribution in [3.63, 3.8) is 0 Å². The molecule has 0 aromatic heterocycles. The number of ether oxygens (including phenoxy) is 1. The van der Waals surface area contributed by atoms with Crippen molar-refractivity contribution in [2.75, 3.05) is 18.2 Å². The lowest BCUT2D eigenvalue weighted by atomic mass is 10.00. The highest BCUT2D eigenvalue weighted by atomic mass is 16.5. The van der Waals surface area contributed by atoms with Crippen molar-refractivity contribution in [3.8, 4) is 11.5 Å². The molecule has 0 aliphatic rings. The lowest BCUT2D eigenvalue weighted by molar-refractivity contribution is 0.415. The van der Waals surface area contributed by atoms with Crippen LogP contribution >= 0.6 is 0 Å². The van der Waals surface area contributed by atoms with Crippen molar-refractivity contribution >= 4 is 23.5 Å². The van der Waals surface area contributed by atoms with Gasteiger partial charge in [0.15, 0.2) is 0 Å². The van der Waals surface area contributed by atoms with Gasteiger partial charge < -0.3 is 20.9 Å². The predicted molar refractivity (Wildman–Crippen MR) is 93.0 cm³/mol. The van der Waals surface area contributed by atoms with Crippen LogP contribution in [0.2, 0.25) is 0 Å². The molecule has 2 aromatic rings. The second-order valence-electron chi connectivity index (χ2n) is 4.79. The van der Waals surface area contributed by atoms with Gasteiger partial charge in [-0.05, 0) is 35.9 Å². The van der Waals surface area contributed by atoms with Crippen LogP contribution in [0, 0.1) is 0 Å². The largest absolute Gasteiger partial charge is 0.505 e. The van der Waals surface area contributed by atoms with E-state index in [4.69, 9.17) is 10.5 Å². The number of phenols is 1. The number of methoxy groups -OCH3 is 1. The van der Waals surface area contributed by atoms with E-state index in [9.17, 15) is 5.11 Å². The standard InChI is InChI=1S/C18H20N2O2/c1-4-12-10-13(18(21)17(19)16(12)5-2)11-20-14-6-8-15(22-3)9-7-14/h4-10,20-21H,1-2,11,19H2,3H3. The second kappa shape index (κ2) is 6.72. The van der Waals surface area contributed by atoms with Crippen molar-refractivity contribution in [3.05, 3.63) is 60.2 Å². The monoisotopic (exact) mass is 296 g/mol. The molecule has 0 aliphatic carbocycles. The smallest absolute Gasteiger partial charge is 0.144 e. The number of anilines is 2. The minimum atomic E-state index is 0.0708. The summed E-state index contributed by atoms with van der Waals surface area (Å²) in [4.78, 5) is 0. The molecule has 0 atom stereocenters. The average molecular weight is 296 g/mol. The lowest BCUT2D eigenvalue weighted by Gasteiger charge is -2.14. The van der Waals surface area contributed by atoms with Crippen LogP contribution in [0.5, 0.6) is 11.5 Å². The predicted octanol–water partition coefficient (Wildman–Crippen LogP) is 3.88. The fourth-order valence-corrected chi connectivity index (χ4v) is 2.23. The van der Waals surface area contributed by atoms with E-state index < -0.39 is 0 Å². The zero-order valence-electron chi connectivity index (χ0n) is 12.6. The first-order chi connectivity index (χ1) is 10.6. The number of hydrogen-bond donors (Lipinski definition) is 3. The fraction of sp³-hybridized carbons (Fsp3) is 0.111. The van der Waals surface area contributed by atoms with Gasteiger partial charge in [-0.2, -0.15) is 0 Å². The Labute approximate surface area is 130 Å². The molecule has 2 aromatic carbocycles. The number of benzene rings is 2. The van der Waals surface area contributed by atoms with Crippen LogP contribution in [0.15, 0.2) is 43.5 Å². The number of rotatable bonds is 6. The van der Waals surface area contributed by atoms with Gasteiger partial charge >= 0.3 is 0 Å². The maximum absolute atomic E-state index is 10.2. The molecular weight excluding hydrogens is 276 g/mol. The highest BCUT2D eigenvalue weighted by Crippen LogP contribution is 2.33. The molecule has 4 nitrogen and oxygen atoms in total. The first kappa shape index (κ1) is 15.5. The minimum absolute atomic E-state index is 0.0708. The summed E-state index contributed by atoms with van der Waals surface area (Å²) in [6, 6.07) is 9.41. The average Bonchev–Trinajstić information content (AvgIpc) is 2.56. The molecule has 4 heteroatoms. The van der Waals surface area contributed by atoms with E-state index in [1.165, 1.54) is 0 Å². The number of hydrogen-bond acceptors (Lipinski definition) is 4. The Hall–Kier alpha value is -2.88. The Morgan fingerprint density at radius 2 is 1.91 bits per heavy atom. The zero-order chi connectivity index (χ0) is 16.1. The van der Waals surface area contributed by atoms with E-state index in [2.05, 4.69) is 18.5 Å². The summed E-state index contributed by atoms with van der Waals surface area (Å²) in [5.41, 5.74) is 9.45. The quantitative estimate of drug-likeness (QED) is 0.559. The third kappa shape index (κ3) is 3.06. The van der Waals surface area contributed by atoms with E-state index in [1.807, 2.05) is 30.3 Å². The van der Waals surface area contributed by atoms with Gasteiger partial charge in [0.25, 0.3) is 0 Å². The highest BCUT2D eigenvalue weighted by Gasteiger charge is 2.12. The molecule has 0 saturated heterocycles. The van der Waals surface area contributed by atoms with Crippen LogP contribution in [0.4, 0.5) is 11.4 Å². The summed E-state index contributed by atoms with van der Waals surface area (Å²) in [7, 11) is 1.63. The molecule has 0 spiro atoms. The van der Waals surface area contributed by atoms with Crippen molar-refractivity contribution in [1.29, 1.82) is 0 Å². The normalized spacial score (nSPS) is 10.0. The van der Waals surface area contributed by atoms with Gasteiger partial charge in [0.05, 0.1) is 12.8 Å². The number of phenolic OH excluding ortho intramolecular Hbond substituents is 1. The van der Waals surface area contributed by atoms with Crippen LogP contribution in [0.1, 0.15) is 16.7 Å². The molecule has 0 unspecified atom stereocenters. The third-order valence-corrected chi connectivity index (χ3v) is 3.49. The van der Waals surface area contributed by atoms with Crippen LogP contribution in [0.3, 0.4) is 0 Å². The summed E-state index contributed by atoms with van der Waals surface area (Å²) < 4.78 is 5.12. The van der Waals surface area contributed by atoms with Crippen LogP contribution < -0.4 is 15.8 Å². The summed E-state index contributed by atoms with van der Waals surface area (Å²) in [6.07, 6.45) is 3.32. The maximum Gasteiger partial charge on any atom is 0.144 e. The third-order valence-electron chi connectivity index (χ3n) is 3.49. The summed E-state index contributed by atoms with van der Waals surface area (Å²) in [6.45, 7) is 7.93. The van der Waals surface area contributed by atoms with E-state index in [-0.39, 0.29) is 5.75 Å². The summed E-state index contributed by atoms with van der Waals surface area (Å²) in [5.74, 6) is 0.864. The van der Waals surface area contributed by atoms with E-state index in [1.54, 1.807) is 19.3 Å². The Bertz CT molecular complexity index is 691. The molecule has 114 valence electrons. The molecule has 0 bridgehead atoms. The number of nitrogen functional groups attached to an aromatic ring is 1. The van der Waals surface area contributed by atoms with Crippen LogP contribution in [-0.4, -0.2) is 12.2 Å². The van der Waals surface area contributed by atoms with Gasteiger partial charge in [-0.3, -0.25) is 0 Å². The summed E-state index contributed by atoms with van der Waals surface area (Å²) in [5, 5.41) is 13.5. The molecule has 0 aliphatic heterocycles. The van der Waals surface area contributed by atoms with E-state index in [0.717, 1.165) is 17.0 Å². The van der Waals surface area contributed by atoms with Gasteiger partial charge in [-0.15, -0.1) is 0 Å². The van der Waals surface area contributed by atoms with Crippen LogP contribution in [0.25, 0.3) is 12.2 Å². The van der Waals surface area contributed by atoms with Crippen molar-refractivity contribution in [2.45, 2.75) is 6.54 Å². The molecule has 2 rings (SSSR count). The summed E-state index contributed by atoms with van der Waals surface area (Å²) >= 11 is 0. The topological polar surface area (TPSA) is 67.5 Å². The molecule has 4 N–H and O–H groups in total. The van der Waals surface area contributed by atoms with Crippen molar-refractivity contribution < 1.29 is 9.84 Å². The van der Waals surface area contributed by atoms with Crippen molar-refractivity contribution in [2.24, 2.45) is 0 Å². The first-order valence-corrected chi connectivity index (χ1v) is 6.87. The Morgan fingerprint density at radius 1 is 1.23 bits per heavy atom. The van der Waals surface area contributed by atoms with Crippen molar-refractivity contribution in [1.82, 2.24) is 0 Å². The van der Waals surface area contributed by atoms with E-state index in [0.29, 0.717) is 23.4 Å². The zero-order valence-corrected chi connectivity index (χ0v) is 12.6. The Morgan fingerprint density at radius 3 is 2.45 bits per heavy atom. The highest BCUT2D eigenvalue weighted by molar-refractivity contribution is 5.79. The molecular formula is C18H20N2O2. The molecule has 22 heavy (non-hydrogen) atoms. The SMILES string of the molecule is C=Cc1cc(CNc2ccc(OC)cc2)c(O)c(N)c1C=C. The Balaban J connectivity index is 2.23. The van der Waals surface area contributed by atoms with Gasteiger partial charge in [-0.1, -0.05) is 25.3 Å². The van der Waals surface area contributed by atoms with Crippen LogP contribution in [-0.2, 0) is 6.54 Å². The number of nitrogens with one attached hydrogen (secondary N) is 1. The molecule has 0 heterocycles. The number of nitrogens with two attached hydrogens (primary N) is 1. The fourth-order valence-electron chi connectivity index (χ4n) is 2.23.